The molecule has 0 radical (unpaired) electrons. The highest BCUT2D eigenvalue weighted by molar-refractivity contribution is 7.09. The molecular formula is C13H18N2O3S. The van der Waals surface area contributed by atoms with Gasteiger partial charge in [-0.3, -0.25) is 4.79 Å². The van der Waals surface area contributed by atoms with E-state index in [0.29, 0.717) is 25.9 Å². The van der Waals surface area contributed by atoms with Crippen molar-refractivity contribution in [2.24, 2.45) is 0 Å². The molecule has 1 aliphatic rings. The number of hydrogen-bond donors (Lipinski definition) is 1. The third kappa shape index (κ3) is 4.24. The van der Waals surface area contributed by atoms with E-state index < -0.39 is 0 Å². The average Bonchev–Trinajstić information content (AvgIpc) is 2.98. The Labute approximate surface area is 116 Å². The van der Waals surface area contributed by atoms with Crippen LogP contribution in [0.5, 0.6) is 0 Å². The lowest BCUT2D eigenvalue weighted by Gasteiger charge is -2.09. The van der Waals surface area contributed by atoms with Gasteiger partial charge in [-0.25, -0.2) is 4.79 Å². The molecular weight excluding hydrogens is 264 g/mol. The first-order valence-corrected chi connectivity index (χ1v) is 7.24. The molecule has 2 rings (SSSR count). The van der Waals surface area contributed by atoms with E-state index in [4.69, 9.17) is 4.74 Å². The minimum Gasteiger partial charge on any atom is -0.444 e. The summed E-state index contributed by atoms with van der Waals surface area (Å²) in [5, 5.41) is 4.87. The van der Waals surface area contributed by atoms with Crippen molar-refractivity contribution in [3.05, 3.63) is 22.4 Å². The van der Waals surface area contributed by atoms with Gasteiger partial charge in [0.1, 0.15) is 6.10 Å². The minimum atomic E-state index is -0.283. The highest BCUT2D eigenvalue weighted by Gasteiger charge is 2.27. The zero-order valence-corrected chi connectivity index (χ0v) is 11.7. The Hall–Kier alpha value is -1.56. The SMILES string of the molecule is CN1CC(CCNC(=O)CCc2cccs2)OC1=O. The van der Waals surface area contributed by atoms with E-state index >= 15 is 0 Å². The molecule has 104 valence electrons. The lowest BCUT2D eigenvalue weighted by atomic mass is 10.2. The topological polar surface area (TPSA) is 58.6 Å². The van der Waals surface area contributed by atoms with E-state index in [1.54, 1.807) is 23.3 Å². The summed E-state index contributed by atoms with van der Waals surface area (Å²) in [6.07, 6.45) is 1.57. The first-order valence-electron chi connectivity index (χ1n) is 6.36. The summed E-state index contributed by atoms with van der Waals surface area (Å²) < 4.78 is 5.11. The molecule has 1 saturated heterocycles. The number of thiophene rings is 1. The fourth-order valence-corrected chi connectivity index (χ4v) is 2.66. The van der Waals surface area contributed by atoms with Crippen molar-refractivity contribution in [2.45, 2.75) is 25.4 Å². The Morgan fingerprint density at radius 3 is 3.11 bits per heavy atom. The number of aryl methyl sites for hydroxylation is 1. The zero-order chi connectivity index (χ0) is 13.7. The van der Waals surface area contributed by atoms with Crippen LogP contribution in [0, 0.1) is 0 Å². The van der Waals surface area contributed by atoms with Crippen molar-refractivity contribution >= 4 is 23.3 Å². The Morgan fingerprint density at radius 1 is 1.63 bits per heavy atom. The smallest absolute Gasteiger partial charge is 0.409 e. The summed E-state index contributed by atoms with van der Waals surface area (Å²) in [5.74, 6) is 0.0473. The second-order valence-electron chi connectivity index (χ2n) is 4.60. The van der Waals surface area contributed by atoms with Crippen LogP contribution in [-0.4, -0.2) is 43.1 Å². The van der Waals surface area contributed by atoms with Gasteiger partial charge in [-0.05, 0) is 17.9 Å². The maximum absolute atomic E-state index is 11.6. The number of ether oxygens (including phenoxy) is 1. The van der Waals surface area contributed by atoms with Gasteiger partial charge >= 0.3 is 6.09 Å². The van der Waals surface area contributed by atoms with Crippen LogP contribution in [0.25, 0.3) is 0 Å². The molecule has 1 fully saturated rings. The monoisotopic (exact) mass is 282 g/mol. The molecule has 1 unspecified atom stereocenters. The molecule has 5 nitrogen and oxygen atoms in total. The summed E-state index contributed by atoms with van der Waals surface area (Å²) in [6, 6.07) is 4.02. The third-order valence-corrected chi connectivity index (χ3v) is 3.96. The second-order valence-corrected chi connectivity index (χ2v) is 5.64. The fraction of sp³-hybridized carbons (Fsp3) is 0.538. The van der Waals surface area contributed by atoms with Gasteiger partial charge in [0.2, 0.25) is 5.91 Å². The maximum Gasteiger partial charge on any atom is 0.409 e. The van der Waals surface area contributed by atoms with Crippen LogP contribution in [0.4, 0.5) is 4.79 Å². The molecule has 1 aromatic rings. The summed E-state index contributed by atoms with van der Waals surface area (Å²) in [6.45, 7) is 1.15. The van der Waals surface area contributed by atoms with E-state index in [-0.39, 0.29) is 18.1 Å². The standard InChI is InChI=1S/C13H18N2O3S/c1-15-9-10(18-13(15)17)6-7-14-12(16)5-4-11-3-2-8-19-11/h2-3,8,10H,4-7,9H2,1H3,(H,14,16). The Balaban J connectivity index is 1.58. The van der Waals surface area contributed by atoms with E-state index in [9.17, 15) is 9.59 Å². The quantitative estimate of drug-likeness (QED) is 0.863. The van der Waals surface area contributed by atoms with Crippen LogP contribution in [0.3, 0.4) is 0 Å². The summed E-state index contributed by atoms with van der Waals surface area (Å²) in [5.41, 5.74) is 0. The van der Waals surface area contributed by atoms with E-state index in [2.05, 4.69) is 5.32 Å². The predicted molar refractivity (Wildman–Crippen MR) is 73.2 cm³/mol. The molecule has 0 bridgehead atoms. The highest BCUT2D eigenvalue weighted by Crippen LogP contribution is 2.12. The predicted octanol–water partition coefficient (Wildman–Crippen LogP) is 1.64. The van der Waals surface area contributed by atoms with Gasteiger partial charge in [-0.2, -0.15) is 0 Å². The number of hydrogen-bond acceptors (Lipinski definition) is 4. The lowest BCUT2D eigenvalue weighted by Crippen LogP contribution is -2.28. The van der Waals surface area contributed by atoms with Gasteiger partial charge in [0, 0.05) is 31.3 Å². The molecule has 1 aromatic heterocycles. The minimum absolute atomic E-state index is 0.0473. The number of likely N-dealkylation sites (N-methyl/N-ethyl adjacent to an activating group) is 1. The van der Waals surface area contributed by atoms with Crippen LogP contribution >= 0.6 is 11.3 Å². The highest BCUT2D eigenvalue weighted by atomic mass is 32.1. The number of nitrogens with one attached hydrogen (secondary N) is 1. The zero-order valence-electron chi connectivity index (χ0n) is 10.9. The van der Waals surface area contributed by atoms with Crippen molar-refractivity contribution in [3.63, 3.8) is 0 Å². The summed E-state index contributed by atoms with van der Waals surface area (Å²) in [7, 11) is 1.71. The first kappa shape index (κ1) is 13.9. The van der Waals surface area contributed by atoms with Gasteiger partial charge in [0.25, 0.3) is 0 Å². The van der Waals surface area contributed by atoms with E-state index in [0.717, 1.165) is 6.42 Å². The molecule has 0 spiro atoms. The first-order chi connectivity index (χ1) is 9.15. The lowest BCUT2D eigenvalue weighted by molar-refractivity contribution is -0.121. The Morgan fingerprint density at radius 2 is 2.47 bits per heavy atom. The molecule has 19 heavy (non-hydrogen) atoms. The Bertz CT molecular complexity index is 433. The van der Waals surface area contributed by atoms with Crippen molar-refractivity contribution in [1.29, 1.82) is 0 Å². The van der Waals surface area contributed by atoms with Crippen LogP contribution < -0.4 is 5.32 Å². The second kappa shape index (κ2) is 6.56. The molecule has 6 heteroatoms. The normalized spacial score (nSPS) is 18.5. The molecule has 2 heterocycles. The molecule has 0 saturated carbocycles. The van der Waals surface area contributed by atoms with Gasteiger partial charge in [0.05, 0.1) is 6.54 Å². The van der Waals surface area contributed by atoms with Crippen LogP contribution in [0.1, 0.15) is 17.7 Å². The molecule has 0 aliphatic carbocycles. The number of carbonyl (C=O) groups is 2. The summed E-state index contributed by atoms with van der Waals surface area (Å²) in [4.78, 5) is 25.5. The van der Waals surface area contributed by atoms with Gasteiger partial charge in [-0.1, -0.05) is 6.07 Å². The van der Waals surface area contributed by atoms with E-state index in [1.165, 1.54) is 4.88 Å². The van der Waals surface area contributed by atoms with Crippen LogP contribution in [0.2, 0.25) is 0 Å². The van der Waals surface area contributed by atoms with Crippen LogP contribution in [0.15, 0.2) is 17.5 Å². The number of cyclic esters (lactones) is 1. The van der Waals surface area contributed by atoms with Gasteiger partial charge in [0.15, 0.2) is 0 Å². The van der Waals surface area contributed by atoms with Crippen molar-refractivity contribution < 1.29 is 14.3 Å². The largest absolute Gasteiger partial charge is 0.444 e. The van der Waals surface area contributed by atoms with Crippen molar-refractivity contribution in [1.82, 2.24) is 10.2 Å². The fourth-order valence-electron chi connectivity index (χ4n) is 1.95. The summed E-state index contributed by atoms with van der Waals surface area (Å²) >= 11 is 1.67. The van der Waals surface area contributed by atoms with Crippen molar-refractivity contribution in [3.8, 4) is 0 Å². The number of amides is 2. The average molecular weight is 282 g/mol. The third-order valence-electron chi connectivity index (χ3n) is 3.02. The van der Waals surface area contributed by atoms with Gasteiger partial charge < -0.3 is 15.0 Å². The Kier molecular flexibility index (Phi) is 4.79. The molecule has 1 N–H and O–H groups in total. The number of rotatable bonds is 6. The number of nitrogens with zero attached hydrogens (tertiary/aromatic N) is 1. The van der Waals surface area contributed by atoms with E-state index in [1.807, 2.05) is 17.5 Å². The number of carbonyl (C=O) groups excluding carboxylic acids is 2. The molecule has 1 aliphatic heterocycles. The van der Waals surface area contributed by atoms with Crippen molar-refractivity contribution in [2.75, 3.05) is 20.1 Å². The molecule has 2 amide bonds. The van der Waals surface area contributed by atoms with Crippen LogP contribution in [-0.2, 0) is 16.0 Å². The molecule has 1 atom stereocenters. The van der Waals surface area contributed by atoms with Gasteiger partial charge in [-0.15, -0.1) is 11.3 Å². The molecule has 0 aromatic carbocycles. The maximum atomic E-state index is 11.6.